The molecular weight excluding hydrogens is 394 g/mol. The van der Waals surface area contributed by atoms with Crippen LogP contribution in [0.3, 0.4) is 0 Å². The highest BCUT2D eigenvalue weighted by atomic mass is 32.2. The molecule has 3 rings (SSSR count). The fourth-order valence-electron chi connectivity index (χ4n) is 3.56. The molecule has 0 bridgehead atoms. The molecule has 28 heavy (non-hydrogen) atoms. The number of sulfonamides is 1. The fourth-order valence-corrected chi connectivity index (χ4v) is 5.73. The Balaban J connectivity index is 1.82. The van der Waals surface area contributed by atoms with Crippen molar-refractivity contribution in [2.75, 3.05) is 13.1 Å². The van der Waals surface area contributed by atoms with Gasteiger partial charge in [-0.3, -0.25) is 4.79 Å². The standard InChI is InChI=1S/C20H29N3O3S2/c1-13(2)11-18(20(24)23-9-7-14(3)8-10-23)22-28(25,26)16-5-6-17-19(12-16)27-15(4)21-17/h5-6,12-14,18,22H,7-11H2,1-4H3/t18-/m0/s1. The van der Waals surface area contributed by atoms with Crippen molar-refractivity contribution in [2.24, 2.45) is 11.8 Å². The van der Waals surface area contributed by atoms with Gasteiger partial charge in [0.05, 0.1) is 20.1 Å². The zero-order valence-electron chi connectivity index (χ0n) is 16.9. The number of hydrogen-bond donors (Lipinski definition) is 1. The molecule has 6 nitrogen and oxygen atoms in total. The topological polar surface area (TPSA) is 79.4 Å². The molecule has 1 aliphatic heterocycles. The van der Waals surface area contributed by atoms with Crippen molar-refractivity contribution < 1.29 is 13.2 Å². The molecule has 1 atom stereocenters. The predicted octanol–water partition coefficient (Wildman–Crippen LogP) is 3.56. The van der Waals surface area contributed by atoms with Gasteiger partial charge in [-0.25, -0.2) is 13.4 Å². The number of fused-ring (bicyclic) bond motifs is 1. The van der Waals surface area contributed by atoms with E-state index in [1.807, 2.05) is 25.7 Å². The van der Waals surface area contributed by atoms with E-state index in [2.05, 4.69) is 16.6 Å². The van der Waals surface area contributed by atoms with Crippen molar-refractivity contribution in [2.45, 2.75) is 57.9 Å². The average Bonchev–Trinajstić information content (AvgIpc) is 2.99. The normalized spacial score (nSPS) is 17.4. The van der Waals surface area contributed by atoms with Crippen LogP contribution in [-0.2, 0) is 14.8 Å². The Morgan fingerprint density at radius 3 is 2.64 bits per heavy atom. The van der Waals surface area contributed by atoms with E-state index in [9.17, 15) is 13.2 Å². The molecule has 154 valence electrons. The Morgan fingerprint density at radius 1 is 1.32 bits per heavy atom. The molecule has 1 amide bonds. The van der Waals surface area contributed by atoms with Crippen LogP contribution in [0.2, 0.25) is 0 Å². The third kappa shape index (κ3) is 4.90. The number of carbonyl (C=O) groups is 1. The Hall–Kier alpha value is -1.51. The summed E-state index contributed by atoms with van der Waals surface area (Å²) in [7, 11) is -3.80. The molecule has 0 saturated carbocycles. The maximum atomic E-state index is 13.1. The van der Waals surface area contributed by atoms with Crippen molar-refractivity contribution in [3.63, 3.8) is 0 Å². The molecule has 1 aromatic carbocycles. The number of amides is 1. The van der Waals surface area contributed by atoms with Crippen molar-refractivity contribution in [3.05, 3.63) is 23.2 Å². The Morgan fingerprint density at radius 2 is 2.00 bits per heavy atom. The van der Waals surface area contributed by atoms with Crippen molar-refractivity contribution in [1.82, 2.24) is 14.6 Å². The molecule has 8 heteroatoms. The first-order valence-electron chi connectivity index (χ1n) is 9.84. The molecule has 1 saturated heterocycles. The van der Waals surface area contributed by atoms with Crippen LogP contribution in [0.15, 0.2) is 23.1 Å². The summed E-state index contributed by atoms with van der Waals surface area (Å²) in [5.41, 5.74) is 0.790. The van der Waals surface area contributed by atoms with E-state index in [1.54, 1.807) is 18.2 Å². The second-order valence-electron chi connectivity index (χ2n) is 8.17. The van der Waals surface area contributed by atoms with Crippen LogP contribution >= 0.6 is 11.3 Å². The summed E-state index contributed by atoms with van der Waals surface area (Å²) in [6, 6.07) is 4.18. The molecule has 2 aromatic rings. The highest BCUT2D eigenvalue weighted by molar-refractivity contribution is 7.89. The molecule has 0 radical (unpaired) electrons. The Labute approximate surface area is 171 Å². The maximum absolute atomic E-state index is 13.1. The lowest BCUT2D eigenvalue weighted by molar-refractivity contribution is -0.134. The molecule has 1 N–H and O–H groups in total. The molecule has 1 fully saturated rings. The van der Waals surface area contributed by atoms with Gasteiger partial charge < -0.3 is 4.90 Å². The summed E-state index contributed by atoms with van der Waals surface area (Å²) >= 11 is 1.46. The van der Waals surface area contributed by atoms with Crippen LogP contribution in [0.5, 0.6) is 0 Å². The number of thiazole rings is 1. The van der Waals surface area contributed by atoms with Crippen molar-refractivity contribution in [3.8, 4) is 0 Å². The first-order valence-corrected chi connectivity index (χ1v) is 12.1. The minimum absolute atomic E-state index is 0.112. The van der Waals surface area contributed by atoms with Gasteiger partial charge in [0.15, 0.2) is 0 Å². The number of aromatic nitrogens is 1. The lowest BCUT2D eigenvalue weighted by Crippen LogP contribution is -2.51. The van der Waals surface area contributed by atoms with Crippen LogP contribution in [0.1, 0.15) is 45.0 Å². The summed E-state index contributed by atoms with van der Waals surface area (Å²) in [5.74, 6) is 0.699. The number of hydrogen-bond acceptors (Lipinski definition) is 5. The quantitative estimate of drug-likeness (QED) is 0.770. The van der Waals surface area contributed by atoms with Gasteiger partial charge in [0, 0.05) is 13.1 Å². The number of carbonyl (C=O) groups excluding carboxylic acids is 1. The van der Waals surface area contributed by atoms with E-state index >= 15 is 0 Å². The second-order valence-corrected chi connectivity index (χ2v) is 11.1. The van der Waals surface area contributed by atoms with Crippen LogP contribution in [0.25, 0.3) is 10.2 Å². The lowest BCUT2D eigenvalue weighted by atomic mass is 9.97. The predicted molar refractivity (Wildman–Crippen MR) is 113 cm³/mol. The van der Waals surface area contributed by atoms with E-state index in [1.165, 1.54) is 11.3 Å². The smallest absolute Gasteiger partial charge is 0.241 e. The number of nitrogens with one attached hydrogen (secondary N) is 1. The van der Waals surface area contributed by atoms with Crippen LogP contribution < -0.4 is 4.72 Å². The minimum atomic E-state index is -3.80. The van der Waals surface area contributed by atoms with Crippen molar-refractivity contribution in [1.29, 1.82) is 0 Å². The molecule has 0 aliphatic carbocycles. The zero-order valence-corrected chi connectivity index (χ0v) is 18.6. The number of aryl methyl sites for hydroxylation is 1. The van der Waals surface area contributed by atoms with Gasteiger partial charge in [0.25, 0.3) is 0 Å². The van der Waals surface area contributed by atoms with Crippen LogP contribution in [0, 0.1) is 18.8 Å². The van der Waals surface area contributed by atoms with Gasteiger partial charge in [0.2, 0.25) is 15.9 Å². The summed E-state index contributed by atoms with van der Waals surface area (Å²) in [6.45, 7) is 9.48. The molecule has 0 spiro atoms. The first kappa shape index (κ1) is 21.2. The summed E-state index contributed by atoms with van der Waals surface area (Å²) in [5, 5.41) is 0.893. The summed E-state index contributed by atoms with van der Waals surface area (Å²) in [4.78, 5) is 19.4. The second kappa shape index (κ2) is 8.47. The van der Waals surface area contributed by atoms with Gasteiger partial charge >= 0.3 is 0 Å². The number of piperidine rings is 1. The molecule has 1 aromatic heterocycles. The highest BCUT2D eigenvalue weighted by Gasteiger charge is 2.31. The van der Waals surface area contributed by atoms with E-state index in [4.69, 9.17) is 0 Å². The number of rotatable bonds is 6. The molecular formula is C20H29N3O3S2. The SMILES string of the molecule is Cc1nc2ccc(S(=O)(=O)N[C@@H](CC(C)C)C(=O)N3CCC(C)CC3)cc2s1. The number of benzene rings is 1. The van der Waals surface area contributed by atoms with Gasteiger partial charge in [-0.2, -0.15) is 4.72 Å². The summed E-state index contributed by atoms with van der Waals surface area (Å²) in [6.07, 6.45) is 2.41. The van der Waals surface area contributed by atoms with Crippen LogP contribution in [-0.4, -0.2) is 43.3 Å². The van der Waals surface area contributed by atoms with E-state index in [-0.39, 0.29) is 16.7 Å². The largest absolute Gasteiger partial charge is 0.341 e. The molecule has 0 unspecified atom stereocenters. The number of nitrogens with zero attached hydrogens (tertiary/aromatic N) is 2. The van der Waals surface area contributed by atoms with E-state index < -0.39 is 16.1 Å². The van der Waals surface area contributed by atoms with E-state index in [0.29, 0.717) is 25.4 Å². The van der Waals surface area contributed by atoms with Gasteiger partial charge in [0.1, 0.15) is 6.04 Å². The third-order valence-electron chi connectivity index (χ3n) is 5.18. The zero-order chi connectivity index (χ0) is 20.5. The minimum Gasteiger partial charge on any atom is -0.341 e. The maximum Gasteiger partial charge on any atom is 0.241 e. The van der Waals surface area contributed by atoms with Gasteiger partial charge in [-0.1, -0.05) is 20.8 Å². The van der Waals surface area contributed by atoms with Crippen LogP contribution in [0.4, 0.5) is 0 Å². The lowest BCUT2D eigenvalue weighted by Gasteiger charge is -2.33. The Bertz CT molecular complexity index is 945. The van der Waals surface area contributed by atoms with Crippen molar-refractivity contribution >= 4 is 37.5 Å². The Kier molecular flexibility index (Phi) is 6.41. The average molecular weight is 424 g/mol. The highest BCUT2D eigenvalue weighted by Crippen LogP contribution is 2.25. The van der Waals surface area contributed by atoms with Gasteiger partial charge in [-0.15, -0.1) is 11.3 Å². The first-order chi connectivity index (χ1) is 13.2. The monoisotopic (exact) mass is 423 g/mol. The fraction of sp³-hybridized carbons (Fsp3) is 0.600. The third-order valence-corrected chi connectivity index (χ3v) is 7.58. The van der Waals surface area contributed by atoms with E-state index in [0.717, 1.165) is 28.1 Å². The number of likely N-dealkylation sites (tertiary alicyclic amines) is 1. The molecule has 1 aliphatic rings. The molecule has 2 heterocycles. The van der Waals surface area contributed by atoms with Gasteiger partial charge in [-0.05, 0) is 56.2 Å². The summed E-state index contributed by atoms with van der Waals surface area (Å²) < 4.78 is 29.5.